The number of hydrogen-bond donors (Lipinski definition) is 0. The minimum absolute atomic E-state index is 0.233. The fourth-order valence-electron chi connectivity index (χ4n) is 3.70. The Morgan fingerprint density at radius 2 is 1.05 bits per heavy atom. The highest BCUT2D eigenvalue weighted by atomic mass is 16.8. The number of esters is 4. The van der Waals surface area contributed by atoms with Gasteiger partial charge in [-0.25, -0.2) is 14.4 Å². The molecule has 9 heteroatoms. The van der Waals surface area contributed by atoms with E-state index in [0.717, 1.165) is 6.92 Å². The average Bonchev–Trinajstić information content (AvgIpc) is 3.23. The van der Waals surface area contributed by atoms with Gasteiger partial charge in [0.25, 0.3) is 0 Å². The summed E-state index contributed by atoms with van der Waals surface area (Å²) in [6.07, 6.45) is -5.09. The van der Waals surface area contributed by atoms with E-state index in [1.165, 1.54) is 0 Å². The Hall–Kier alpha value is -4.50. The van der Waals surface area contributed by atoms with Crippen LogP contribution in [-0.2, 0) is 28.5 Å². The van der Waals surface area contributed by atoms with Gasteiger partial charge in [-0.2, -0.15) is 0 Å². The van der Waals surface area contributed by atoms with Crippen LogP contribution >= 0.6 is 0 Å². The molecule has 1 saturated heterocycles. The third kappa shape index (κ3) is 6.59. The summed E-state index contributed by atoms with van der Waals surface area (Å²) in [6.45, 7) is 0.796. The van der Waals surface area contributed by atoms with Crippen molar-refractivity contribution in [2.45, 2.75) is 31.5 Å². The third-order valence-corrected chi connectivity index (χ3v) is 5.44. The van der Waals surface area contributed by atoms with E-state index in [-0.39, 0.29) is 17.7 Å². The Labute approximate surface area is 212 Å². The van der Waals surface area contributed by atoms with Gasteiger partial charge in [-0.15, -0.1) is 0 Å². The summed E-state index contributed by atoms with van der Waals surface area (Å²) in [5, 5.41) is 0. The summed E-state index contributed by atoms with van der Waals surface area (Å²) < 4.78 is 27.7. The lowest BCUT2D eigenvalue weighted by Crippen LogP contribution is -2.42. The van der Waals surface area contributed by atoms with Crippen LogP contribution in [0.4, 0.5) is 0 Å². The molecule has 37 heavy (non-hydrogen) atoms. The standard InChI is InChI=1S/C28H24O9/c1-18(29)34-28-24(37-27(32)21-15-9-4-10-16-21)23(36-26(31)20-13-7-3-8-14-20)22(35-28)17-33-25(30)19-11-5-2-6-12-19/h2-16,22-24,28H,17H2,1H3/t22-,23+,24-,28-/m0/s1. The van der Waals surface area contributed by atoms with E-state index < -0.39 is 48.5 Å². The Morgan fingerprint density at radius 1 is 0.622 bits per heavy atom. The van der Waals surface area contributed by atoms with Crippen LogP contribution in [0.5, 0.6) is 0 Å². The lowest BCUT2D eigenvalue weighted by atomic mass is 10.1. The largest absolute Gasteiger partial charge is 0.459 e. The van der Waals surface area contributed by atoms with Crippen LogP contribution < -0.4 is 0 Å². The first-order chi connectivity index (χ1) is 17.9. The molecule has 3 aromatic carbocycles. The first-order valence-corrected chi connectivity index (χ1v) is 11.5. The van der Waals surface area contributed by atoms with Crippen molar-refractivity contribution in [2.24, 2.45) is 0 Å². The van der Waals surface area contributed by atoms with E-state index in [1.54, 1.807) is 91.0 Å². The van der Waals surface area contributed by atoms with Crippen LogP contribution in [0, 0.1) is 0 Å². The number of carbonyl (C=O) groups is 4. The minimum Gasteiger partial charge on any atom is -0.459 e. The van der Waals surface area contributed by atoms with E-state index >= 15 is 0 Å². The maximum Gasteiger partial charge on any atom is 0.338 e. The van der Waals surface area contributed by atoms with Crippen molar-refractivity contribution in [3.8, 4) is 0 Å². The number of rotatable bonds is 8. The van der Waals surface area contributed by atoms with Crippen LogP contribution in [0.15, 0.2) is 91.0 Å². The molecule has 1 fully saturated rings. The molecule has 1 heterocycles. The fraction of sp³-hybridized carbons (Fsp3) is 0.214. The third-order valence-electron chi connectivity index (χ3n) is 5.44. The molecular formula is C28H24O9. The summed E-state index contributed by atoms with van der Waals surface area (Å²) in [4.78, 5) is 50.0. The number of benzene rings is 3. The summed E-state index contributed by atoms with van der Waals surface area (Å²) >= 11 is 0. The number of ether oxygens (including phenoxy) is 5. The Kier molecular flexibility index (Phi) is 8.27. The molecule has 0 unspecified atom stereocenters. The molecule has 0 spiro atoms. The molecule has 0 saturated carbocycles. The molecule has 9 nitrogen and oxygen atoms in total. The van der Waals surface area contributed by atoms with E-state index in [9.17, 15) is 19.2 Å². The molecule has 4 rings (SSSR count). The van der Waals surface area contributed by atoms with Crippen LogP contribution in [-0.4, -0.2) is 55.1 Å². The van der Waals surface area contributed by atoms with Crippen LogP contribution in [0.25, 0.3) is 0 Å². The van der Waals surface area contributed by atoms with Gasteiger partial charge in [0.05, 0.1) is 16.7 Å². The van der Waals surface area contributed by atoms with Crippen molar-refractivity contribution in [1.82, 2.24) is 0 Å². The molecule has 4 atom stereocenters. The molecule has 0 amide bonds. The lowest BCUT2D eigenvalue weighted by molar-refractivity contribution is -0.187. The van der Waals surface area contributed by atoms with Gasteiger partial charge in [-0.05, 0) is 36.4 Å². The lowest BCUT2D eigenvalue weighted by Gasteiger charge is -2.24. The summed E-state index contributed by atoms with van der Waals surface area (Å²) in [5.74, 6) is -2.81. The second kappa shape index (κ2) is 12.0. The van der Waals surface area contributed by atoms with Gasteiger partial charge in [0, 0.05) is 6.92 Å². The maximum absolute atomic E-state index is 12.9. The molecule has 0 bridgehead atoms. The van der Waals surface area contributed by atoms with Crippen LogP contribution in [0.3, 0.4) is 0 Å². The van der Waals surface area contributed by atoms with Crippen molar-refractivity contribution in [3.63, 3.8) is 0 Å². The average molecular weight is 504 g/mol. The maximum atomic E-state index is 12.9. The van der Waals surface area contributed by atoms with Crippen molar-refractivity contribution < 1.29 is 42.9 Å². The monoisotopic (exact) mass is 504 g/mol. The zero-order valence-corrected chi connectivity index (χ0v) is 19.9. The van der Waals surface area contributed by atoms with Gasteiger partial charge in [0.1, 0.15) is 12.7 Å². The number of carbonyl (C=O) groups excluding carboxylic acids is 4. The smallest absolute Gasteiger partial charge is 0.338 e. The van der Waals surface area contributed by atoms with E-state index in [4.69, 9.17) is 23.7 Å². The van der Waals surface area contributed by atoms with Gasteiger partial charge in [0.15, 0.2) is 6.10 Å². The zero-order valence-electron chi connectivity index (χ0n) is 19.9. The highest BCUT2D eigenvalue weighted by molar-refractivity contribution is 5.91. The van der Waals surface area contributed by atoms with E-state index in [0.29, 0.717) is 5.56 Å². The normalized spacial score (nSPS) is 20.5. The van der Waals surface area contributed by atoms with E-state index in [2.05, 4.69) is 0 Å². The molecule has 0 aliphatic carbocycles. The molecular weight excluding hydrogens is 480 g/mol. The van der Waals surface area contributed by atoms with Crippen LogP contribution in [0.2, 0.25) is 0 Å². The molecule has 0 radical (unpaired) electrons. The molecule has 1 aliphatic heterocycles. The van der Waals surface area contributed by atoms with Crippen molar-refractivity contribution >= 4 is 23.9 Å². The van der Waals surface area contributed by atoms with Gasteiger partial charge >= 0.3 is 23.9 Å². The van der Waals surface area contributed by atoms with E-state index in [1.807, 2.05) is 0 Å². The number of hydrogen-bond acceptors (Lipinski definition) is 9. The Balaban J connectivity index is 1.58. The summed E-state index contributed by atoms with van der Waals surface area (Å²) in [5.41, 5.74) is 0.782. The zero-order chi connectivity index (χ0) is 26.2. The highest BCUT2D eigenvalue weighted by Crippen LogP contribution is 2.30. The molecule has 0 aromatic heterocycles. The summed E-state index contributed by atoms with van der Waals surface area (Å²) in [6, 6.07) is 24.6. The predicted molar refractivity (Wildman–Crippen MR) is 128 cm³/mol. The second-order valence-electron chi connectivity index (χ2n) is 8.09. The summed E-state index contributed by atoms with van der Waals surface area (Å²) in [7, 11) is 0. The van der Waals surface area contributed by atoms with Gasteiger partial charge in [-0.3, -0.25) is 4.79 Å². The predicted octanol–water partition coefficient (Wildman–Crippen LogP) is 3.58. The Morgan fingerprint density at radius 3 is 1.51 bits per heavy atom. The first kappa shape index (κ1) is 25.6. The highest BCUT2D eigenvalue weighted by Gasteiger charge is 2.52. The van der Waals surface area contributed by atoms with Crippen molar-refractivity contribution in [2.75, 3.05) is 6.61 Å². The molecule has 3 aromatic rings. The SMILES string of the molecule is CC(=O)O[C@H]1O[C@@H](COC(=O)c2ccccc2)[C@@H](OC(=O)c2ccccc2)[C@@H]1OC(=O)c1ccccc1. The minimum atomic E-state index is -1.40. The first-order valence-electron chi connectivity index (χ1n) is 11.5. The molecule has 0 N–H and O–H groups in total. The van der Waals surface area contributed by atoms with Crippen molar-refractivity contribution in [3.05, 3.63) is 108 Å². The van der Waals surface area contributed by atoms with Gasteiger partial charge in [0.2, 0.25) is 12.4 Å². The Bertz CT molecular complexity index is 1230. The second-order valence-corrected chi connectivity index (χ2v) is 8.09. The molecule has 190 valence electrons. The topological polar surface area (TPSA) is 114 Å². The quantitative estimate of drug-likeness (QED) is 0.335. The fourth-order valence-corrected chi connectivity index (χ4v) is 3.70. The molecule has 1 aliphatic rings. The van der Waals surface area contributed by atoms with Gasteiger partial charge < -0.3 is 23.7 Å². The van der Waals surface area contributed by atoms with Gasteiger partial charge in [-0.1, -0.05) is 54.6 Å². The van der Waals surface area contributed by atoms with Crippen molar-refractivity contribution in [1.29, 1.82) is 0 Å². The van der Waals surface area contributed by atoms with Crippen LogP contribution in [0.1, 0.15) is 38.0 Å².